The van der Waals surface area contributed by atoms with Crippen molar-refractivity contribution >= 4 is 23.3 Å². The number of carbonyl (C=O) groups excluding carboxylic acids is 2. The summed E-state index contributed by atoms with van der Waals surface area (Å²) in [6.07, 6.45) is 1.96. The average Bonchev–Trinajstić information content (AvgIpc) is 3.33. The minimum Gasteiger partial charge on any atom is -0.491 e. The van der Waals surface area contributed by atoms with Crippen LogP contribution in [0.25, 0.3) is 0 Å². The topological polar surface area (TPSA) is 61.9 Å². The summed E-state index contributed by atoms with van der Waals surface area (Å²) in [7, 11) is 0. The van der Waals surface area contributed by atoms with Crippen LogP contribution in [0.2, 0.25) is 0 Å². The van der Waals surface area contributed by atoms with E-state index in [0.29, 0.717) is 6.54 Å². The molecule has 0 unspecified atom stereocenters. The van der Waals surface area contributed by atoms with Gasteiger partial charge in [0.1, 0.15) is 11.3 Å². The van der Waals surface area contributed by atoms with Crippen molar-refractivity contribution in [2.24, 2.45) is 5.92 Å². The average molecular weight is 442 g/mol. The first kappa shape index (κ1) is 21.8. The maximum absolute atomic E-state index is 13.2. The number of likely N-dealkylation sites (tertiary alicyclic amines) is 1. The number of carbonyl (C=O) groups is 2. The van der Waals surface area contributed by atoms with Crippen LogP contribution in [0.4, 0.5) is 4.79 Å². The Balaban J connectivity index is 1.33. The van der Waals surface area contributed by atoms with Crippen molar-refractivity contribution in [1.29, 1.82) is 0 Å². The molecule has 2 fully saturated rings. The van der Waals surface area contributed by atoms with Crippen molar-refractivity contribution in [3.05, 3.63) is 52.2 Å². The molecule has 6 nitrogen and oxygen atoms in total. The van der Waals surface area contributed by atoms with Gasteiger partial charge in [-0.3, -0.25) is 14.6 Å². The summed E-state index contributed by atoms with van der Waals surface area (Å²) in [5.74, 6) is 0.949. The lowest BCUT2D eigenvalue weighted by Crippen LogP contribution is -2.53. The number of ether oxygens (including phenoxy) is 1. The van der Waals surface area contributed by atoms with Gasteiger partial charge in [-0.05, 0) is 92.7 Å². The fourth-order valence-electron chi connectivity index (χ4n) is 4.57. The third-order valence-electron chi connectivity index (χ3n) is 6.33. The predicted molar refractivity (Wildman–Crippen MR) is 122 cm³/mol. The molecule has 0 aliphatic carbocycles. The normalized spacial score (nSPS) is 22.9. The Kier molecular flexibility index (Phi) is 6.34. The van der Waals surface area contributed by atoms with E-state index in [2.05, 4.69) is 22.3 Å². The fourth-order valence-corrected chi connectivity index (χ4v) is 5.23. The van der Waals surface area contributed by atoms with E-state index in [-0.39, 0.29) is 24.0 Å². The van der Waals surface area contributed by atoms with Gasteiger partial charge in [0.25, 0.3) is 5.91 Å². The smallest absolute Gasteiger partial charge is 0.325 e. The first-order valence-electron chi connectivity index (χ1n) is 11.0. The van der Waals surface area contributed by atoms with Crippen LogP contribution in [-0.4, -0.2) is 46.5 Å². The number of amides is 3. The molecule has 1 atom stereocenters. The Morgan fingerprint density at radius 3 is 2.42 bits per heavy atom. The molecule has 2 saturated heterocycles. The molecule has 2 aliphatic rings. The van der Waals surface area contributed by atoms with Gasteiger partial charge in [-0.15, -0.1) is 0 Å². The summed E-state index contributed by atoms with van der Waals surface area (Å²) in [6.45, 7) is 9.01. The zero-order chi connectivity index (χ0) is 22.0. The van der Waals surface area contributed by atoms with Gasteiger partial charge >= 0.3 is 6.03 Å². The molecule has 4 rings (SSSR count). The van der Waals surface area contributed by atoms with Crippen LogP contribution in [0.15, 0.2) is 41.1 Å². The van der Waals surface area contributed by atoms with Gasteiger partial charge in [-0.1, -0.05) is 12.1 Å². The van der Waals surface area contributed by atoms with Crippen molar-refractivity contribution in [3.8, 4) is 5.75 Å². The molecule has 166 valence electrons. The fraction of sp³-hybridized carbons (Fsp3) is 0.500. The minimum atomic E-state index is -0.810. The number of urea groups is 1. The number of nitrogens with zero attached hydrogens (tertiary/aromatic N) is 2. The van der Waals surface area contributed by atoms with Gasteiger partial charge in [0, 0.05) is 6.54 Å². The molecule has 1 aromatic carbocycles. The van der Waals surface area contributed by atoms with Gasteiger partial charge in [0.2, 0.25) is 0 Å². The lowest BCUT2D eigenvalue weighted by atomic mass is 9.79. The third-order valence-corrected chi connectivity index (χ3v) is 7.06. The molecule has 1 aromatic heterocycles. The first-order valence-corrected chi connectivity index (χ1v) is 11.9. The molecule has 3 heterocycles. The van der Waals surface area contributed by atoms with E-state index >= 15 is 0 Å². The number of hydrogen-bond acceptors (Lipinski definition) is 5. The summed E-state index contributed by atoms with van der Waals surface area (Å²) in [5.41, 5.74) is 1.44. The summed E-state index contributed by atoms with van der Waals surface area (Å²) >= 11 is 1.58. The van der Waals surface area contributed by atoms with Gasteiger partial charge in [0.15, 0.2) is 0 Å². The second-order valence-electron chi connectivity index (χ2n) is 9.02. The van der Waals surface area contributed by atoms with E-state index in [9.17, 15) is 9.59 Å². The van der Waals surface area contributed by atoms with Gasteiger partial charge in [-0.25, -0.2) is 4.79 Å². The predicted octanol–water partition coefficient (Wildman–Crippen LogP) is 4.26. The van der Waals surface area contributed by atoms with E-state index < -0.39 is 5.54 Å². The Morgan fingerprint density at radius 2 is 1.81 bits per heavy atom. The Hall–Kier alpha value is -2.38. The maximum Gasteiger partial charge on any atom is 0.325 e. The summed E-state index contributed by atoms with van der Waals surface area (Å²) in [5, 5.41) is 6.96. The molecule has 0 spiro atoms. The quantitative estimate of drug-likeness (QED) is 0.652. The zero-order valence-electron chi connectivity index (χ0n) is 18.5. The molecule has 1 N–H and O–H groups in total. The second kappa shape index (κ2) is 9.01. The summed E-state index contributed by atoms with van der Waals surface area (Å²) in [6, 6.07) is 9.98. The van der Waals surface area contributed by atoms with Crippen molar-refractivity contribution < 1.29 is 14.3 Å². The number of rotatable bonds is 7. The van der Waals surface area contributed by atoms with Crippen LogP contribution in [0.1, 0.15) is 44.7 Å². The second-order valence-corrected chi connectivity index (χ2v) is 9.80. The van der Waals surface area contributed by atoms with E-state index in [1.165, 1.54) is 10.5 Å². The van der Waals surface area contributed by atoms with Gasteiger partial charge in [-0.2, -0.15) is 11.3 Å². The highest BCUT2D eigenvalue weighted by atomic mass is 32.1. The van der Waals surface area contributed by atoms with Crippen molar-refractivity contribution in [2.45, 2.75) is 58.3 Å². The number of benzene rings is 1. The minimum absolute atomic E-state index is 0.0945. The van der Waals surface area contributed by atoms with Crippen LogP contribution in [0.5, 0.6) is 5.75 Å². The standard InChI is InChI=1S/C24H31N3O3S/c1-17(2)30-21-6-4-18(5-7-21)14-26-11-8-20(9-12-26)24(3)22(28)27(23(29)25-24)15-19-10-13-31-16-19/h4-7,10,13,16-17,20H,8-9,11-12,14-15H2,1-3H3,(H,25,29)/t24-/m0/s1. The molecule has 2 aromatic rings. The zero-order valence-corrected chi connectivity index (χ0v) is 19.3. The van der Waals surface area contributed by atoms with E-state index in [4.69, 9.17) is 4.74 Å². The first-order chi connectivity index (χ1) is 14.8. The van der Waals surface area contributed by atoms with Crippen molar-refractivity contribution in [3.63, 3.8) is 0 Å². The number of nitrogens with one attached hydrogen (secondary N) is 1. The van der Waals surface area contributed by atoms with Gasteiger partial charge in [0.05, 0.1) is 12.6 Å². The molecule has 0 saturated carbocycles. The van der Waals surface area contributed by atoms with Crippen LogP contribution in [-0.2, 0) is 17.9 Å². The van der Waals surface area contributed by atoms with E-state index in [1.807, 2.05) is 49.7 Å². The molecule has 0 bridgehead atoms. The molecular formula is C24H31N3O3S. The lowest BCUT2D eigenvalue weighted by Gasteiger charge is -2.39. The lowest BCUT2D eigenvalue weighted by molar-refractivity contribution is -0.133. The largest absolute Gasteiger partial charge is 0.491 e. The van der Waals surface area contributed by atoms with Gasteiger partial charge < -0.3 is 10.1 Å². The van der Waals surface area contributed by atoms with Crippen LogP contribution < -0.4 is 10.1 Å². The maximum atomic E-state index is 13.2. The highest BCUT2D eigenvalue weighted by Gasteiger charge is 2.52. The number of hydrogen-bond donors (Lipinski definition) is 1. The molecular weight excluding hydrogens is 410 g/mol. The summed E-state index contributed by atoms with van der Waals surface area (Å²) < 4.78 is 5.72. The van der Waals surface area contributed by atoms with Crippen molar-refractivity contribution in [2.75, 3.05) is 13.1 Å². The monoisotopic (exact) mass is 441 g/mol. The van der Waals surface area contributed by atoms with Crippen LogP contribution in [0, 0.1) is 5.92 Å². The Bertz CT molecular complexity index is 905. The molecule has 7 heteroatoms. The molecule has 2 aliphatic heterocycles. The molecule has 3 amide bonds. The number of piperidine rings is 1. The number of imide groups is 1. The number of thiophene rings is 1. The summed E-state index contributed by atoms with van der Waals surface area (Å²) in [4.78, 5) is 29.5. The third kappa shape index (κ3) is 4.77. The van der Waals surface area contributed by atoms with Crippen LogP contribution in [0.3, 0.4) is 0 Å². The highest BCUT2D eigenvalue weighted by Crippen LogP contribution is 2.34. The Morgan fingerprint density at radius 1 is 1.10 bits per heavy atom. The molecule has 31 heavy (non-hydrogen) atoms. The van der Waals surface area contributed by atoms with Crippen LogP contribution >= 0.6 is 11.3 Å². The highest BCUT2D eigenvalue weighted by molar-refractivity contribution is 7.07. The van der Waals surface area contributed by atoms with E-state index in [0.717, 1.165) is 43.8 Å². The molecule has 0 radical (unpaired) electrons. The van der Waals surface area contributed by atoms with E-state index in [1.54, 1.807) is 11.3 Å². The SMILES string of the molecule is CC(C)Oc1ccc(CN2CCC([C@]3(C)NC(=O)N(Cc4ccsc4)C3=O)CC2)cc1. The Labute approximate surface area is 188 Å². The van der Waals surface area contributed by atoms with Crippen molar-refractivity contribution in [1.82, 2.24) is 15.1 Å².